The van der Waals surface area contributed by atoms with Gasteiger partial charge in [0.1, 0.15) is 0 Å². The Kier molecular flexibility index (Phi) is 3.94. The van der Waals surface area contributed by atoms with Crippen LogP contribution in [0.4, 0.5) is 0 Å². The number of carbonyl (C=O) groups excluding carboxylic acids is 1. The lowest BCUT2D eigenvalue weighted by molar-refractivity contribution is 0.0934. The highest BCUT2D eigenvalue weighted by Gasteiger charge is 2.14. The number of hydrogen-bond acceptors (Lipinski definition) is 2. The molecule has 0 saturated carbocycles. The Balaban J connectivity index is 1.91. The molecule has 1 aromatic rings. The average molecular weight is 218 g/mol. The van der Waals surface area contributed by atoms with Gasteiger partial charge in [0.05, 0.1) is 0 Å². The molecule has 1 aliphatic rings. The molecule has 0 aliphatic carbocycles. The first-order valence-corrected chi connectivity index (χ1v) is 5.93. The van der Waals surface area contributed by atoms with Gasteiger partial charge >= 0.3 is 0 Å². The van der Waals surface area contributed by atoms with E-state index >= 15 is 0 Å². The van der Waals surface area contributed by atoms with Gasteiger partial charge in [0.15, 0.2) is 0 Å². The molecule has 16 heavy (non-hydrogen) atoms. The van der Waals surface area contributed by atoms with E-state index < -0.39 is 0 Å². The summed E-state index contributed by atoms with van der Waals surface area (Å²) < 4.78 is 0. The number of carbonyl (C=O) groups is 1. The maximum absolute atomic E-state index is 11.9. The molecule has 2 N–H and O–H groups in total. The average Bonchev–Trinajstić information content (AvgIpc) is 2.59. The van der Waals surface area contributed by atoms with Crippen molar-refractivity contribution in [3.63, 3.8) is 0 Å². The first-order valence-electron chi connectivity index (χ1n) is 5.93. The quantitative estimate of drug-likeness (QED) is 0.791. The van der Waals surface area contributed by atoms with Crippen LogP contribution in [-0.2, 0) is 0 Å². The third-order valence-electron chi connectivity index (χ3n) is 2.95. The Hall–Kier alpha value is -1.35. The summed E-state index contributed by atoms with van der Waals surface area (Å²) in [5.74, 6) is 0.0486. The van der Waals surface area contributed by atoms with Gasteiger partial charge in [0.2, 0.25) is 0 Å². The molecular weight excluding hydrogens is 200 g/mol. The fraction of sp³-hybridized carbons (Fsp3) is 0.462. The molecule has 1 atom stereocenters. The summed E-state index contributed by atoms with van der Waals surface area (Å²) in [6.07, 6.45) is 3.24. The van der Waals surface area contributed by atoms with Gasteiger partial charge in [-0.1, -0.05) is 18.2 Å². The van der Waals surface area contributed by atoms with Crippen molar-refractivity contribution in [2.75, 3.05) is 13.1 Å². The maximum Gasteiger partial charge on any atom is 0.251 e. The van der Waals surface area contributed by atoms with Crippen molar-refractivity contribution in [2.24, 2.45) is 0 Å². The SMILES string of the molecule is O=C(NC1CCCNCC1)c1ccccc1. The summed E-state index contributed by atoms with van der Waals surface area (Å²) in [4.78, 5) is 11.9. The summed E-state index contributed by atoms with van der Waals surface area (Å²) in [5.41, 5.74) is 0.750. The predicted molar refractivity (Wildman–Crippen MR) is 64.4 cm³/mol. The molecule has 1 fully saturated rings. The van der Waals surface area contributed by atoms with Crippen LogP contribution in [-0.4, -0.2) is 25.0 Å². The zero-order valence-corrected chi connectivity index (χ0v) is 9.41. The van der Waals surface area contributed by atoms with Gasteiger partial charge in [-0.2, -0.15) is 0 Å². The maximum atomic E-state index is 11.9. The minimum absolute atomic E-state index is 0.0486. The van der Waals surface area contributed by atoms with Gasteiger partial charge in [-0.25, -0.2) is 0 Å². The monoisotopic (exact) mass is 218 g/mol. The molecule has 0 aromatic heterocycles. The molecule has 0 radical (unpaired) electrons. The second-order valence-corrected chi connectivity index (χ2v) is 4.22. The van der Waals surface area contributed by atoms with E-state index in [1.165, 1.54) is 0 Å². The number of nitrogens with one attached hydrogen (secondary N) is 2. The highest BCUT2D eigenvalue weighted by Crippen LogP contribution is 2.06. The van der Waals surface area contributed by atoms with Gasteiger partial charge in [-0.3, -0.25) is 4.79 Å². The van der Waals surface area contributed by atoms with Crippen LogP contribution < -0.4 is 10.6 Å². The lowest BCUT2D eigenvalue weighted by atomic mass is 10.1. The zero-order chi connectivity index (χ0) is 11.2. The van der Waals surface area contributed by atoms with Gasteiger partial charge in [0.25, 0.3) is 5.91 Å². The van der Waals surface area contributed by atoms with Crippen LogP contribution in [0.1, 0.15) is 29.6 Å². The topological polar surface area (TPSA) is 41.1 Å². The van der Waals surface area contributed by atoms with Gasteiger partial charge in [-0.15, -0.1) is 0 Å². The fourth-order valence-corrected chi connectivity index (χ4v) is 2.02. The fourth-order valence-electron chi connectivity index (χ4n) is 2.02. The molecule has 3 heteroatoms. The van der Waals surface area contributed by atoms with Crippen molar-refractivity contribution in [3.8, 4) is 0 Å². The van der Waals surface area contributed by atoms with Crippen molar-refractivity contribution in [2.45, 2.75) is 25.3 Å². The molecule has 3 nitrogen and oxygen atoms in total. The minimum Gasteiger partial charge on any atom is -0.349 e. The third kappa shape index (κ3) is 3.07. The lowest BCUT2D eigenvalue weighted by Gasteiger charge is -2.15. The number of hydrogen-bond donors (Lipinski definition) is 2. The van der Waals surface area contributed by atoms with Crippen molar-refractivity contribution in [3.05, 3.63) is 35.9 Å². The third-order valence-corrected chi connectivity index (χ3v) is 2.95. The largest absolute Gasteiger partial charge is 0.349 e. The van der Waals surface area contributed by atoms with Crippen molar-refractivity contribution in [1.82, 2.24) is 10.6 Å². The Morgan fingerprint density at radius 2 is 2.00 bits per heavy atom. The summed E-state index contributed by atoms with van der Waals surface area (Å²) >= 11 is 0. The Morgan fingerprint density at radius 1 is 1.19 bits per heavy atom. The smallest absolute Gasteiger partial charge is 0.251 e. The van der Waals surface area contributed by atoms with E-state index in [0.29, 0.717) is 6.04 Å². The van der Waals surface area contributed by atoms with Crippen LogP contribution >= 0.6 is 0 Å². The lowest BCUT2D eigenvalue weighted by Crippen LogP contribution is -2.35. The van der Waals surface area contributed by atoms with Crippen molar-refractivity contribution >= 4 is 5.91 Å². The molecule has 1 aliphatic heterocycles. The summed E-state index contributed by atoms with van der Waals surface area (Å²) in [7, 11) is 0. The molecule has 1 saturated heterocycles. The van der Waals surface area contributed by atoms with Gasteiger partial charge in [0, 0.05) is 11.6 Å². The molecule has 2 rings (SSSR count). The molecule has 1 heterocycles. The minimum atomic E-state index is 0.0486. The van der Waals surface area contributed by atoms with Crippen molar-refractivity contribution in [1.29, 1.82) is 0 Å². The molecular formula is C13H18N2O. The zero-order valence-electron chi connectivity index (χ0n) is 9.41. The molecule has 1 unspecified atom stereocenters. The normalized spacial score (nSPS) is 21.1. The number of amides is 1. The Bertz CT molecular complexity index is 329. The van der Waals surface area contributed by atoms with Gasteiger partial charge < -0.3 is 10.6 Å². The molecule has 86 valence electrons. The van der Waals surface area contributed by atoms with Crippen LogP contribution in [0.15, 0.2) is 30.3 Å². The van der Waals surface area contributed by atoms with Crippen LogP contribution in [0.3, 0.4) is 0 Å². The second kappa shape index (κ2) is 5.66. The molecule has 0 spiro atoms. The molecule has 1 aromatic carbocycles. The standard InChI is InChI=1S/C13H18N2O/c16-13(11-5-2-1-3-6-11)15-12-7-4-9-14-10-8-12/h1-3,5-6,12,14H,4,7-10H2,(H,15,16). The van der Waals surface area contributed by atoms with Crippen LogP contribution in [0.25, 0.3) is 0 Å². The van der Waals surface area contributed by atoms with Crippen LogP contribution in [0, 0.1) is 0 Å². The van der Waals surface area contributed by atoms with E-state index in [0.717, 1.165) is 37.9 Å². The highest BCUT2D eigenvalue weighted by molar-refractivity contribution is 5.94. The van der Waals surface area contributed by atoms with E-state index in [9.17, 15) is 4.79 Å². The van der Waals surface area contributed by atoms with E-state index in [1.807, 2.05) is 30.3 Å². The predicted octanol–water partition coefficient (Wildman–Crippen LogP) is 1.56. The van der Waals surface area contributed by atoms with Crippen LogP contribution in [0.5, 0.6) is 0 Å². The van der Waals surface area contributed by atoms with Gasteiger partial charge in [-0.05, 0) is 44.5 Å². The molecule has 0 bridgehead atoms. The summed E-state index contributed by atoms with van der Waals surface area (Å²) in [6, 6.07) is 9.73. The second-order valence-electron chi connectivity index (χ2n) is 4.22. The Labute approximate surface area is 96.2 Å². The van der Waals surface area contributed by atoms with E-state index in [2.05, 4.69) is 10.6 Å². The first-order chi connectivity index (χ1) is 7.86. The van der Waals surface area contributed by atoms with Crippen molar-refractivity contribution < 1.29 is 4.79 Å². The number of rotatable bonds is 2. The van der Waals surface area contributed by atoms with E-state index in [4.69, 9.17) is 0 Å². The summed E-state index contributed by atoms with van der Waals surface area (Å²) in [6.45, 7) is 2.07. The van der Waals surface area contributed by atoms with E-state index in [-0.39, 0.29) is 5.91 Å². The van der Waals surface area contributed by atoms with E-state index in [1.54, 1.807) is 0 Å². The first kappa shape index (κ1) is 11.1. The Morgan fingerprint density at radius 3 is 2.81 bits per heavy atom. The van der Waals surface area contributed by atoms with Crippen LogP contribution in [0.2, 0.25) is 0 Å². The summed E-state index contributed by atoms with van der Waals surface area (Å²) in [5, 5.41) is 6.44. The highest BCUT2D eigenvalue weighted by atomic mass is 16.1. The molecule has 1 amide bonds. The number of benzene rings is 1.